The minimum Gasteiger partial charge on any atom is -0.311 e. The topological polar surface area (TPSA) is 60.9 Å². The maximum atomic E-state index is 12.9. The van der Waals surface area contributed by atoms with Crippen LogP contribution in [0.15, 0.2) is 54.6 Å². The molecule has 0 radical (unpaired) electrons. The molecule has 7 heteroatoms. The molecular formula is C22H27N3O3S. The van der Waals surface area contributed by atoms with E-state index in [1.807, 2.05) is 53.4 Å². The lowest BCUT2D eigenvalue weighted by Crippen LogP contribution is -2.52. The fraction of sp³-hybridized carbons (Fsp3) is 0.409. The molecule has 29 heavy (non-hydrogen) atoms. The van der Waals surface area contributed by atoms with Crippen LogP contribution in [0.1, 0.15) is 17.5 Å². The molecule has 4 rings (SSSR count). The average Bonchev–Trinajstić information content (AvgIpc) is 2.74. The second kappa shape index (κ2) is 8.65. The van der Waals surface area contributed by atoms with Crippen LogP contribution in [-0.4, -0.2) is 62.8 Å². The predicted molar refractivity (Wildman–Crippen MR) is 114 cm³/mol. The smallest absolute Gasteiger partial charge is 0.241 e. The van der Waals surface area contributed by atoms with Crippen molar-refractivity contribution in [1.82, 2.24) is 9.21 Å². The van der Waals surface area contributed by atoms with E-state index < -0.39 is 10.0 Å². The highest BCUT2D eigenvalue weighted by Crippen LogP contribution is 2.27. The molecule has 2 aromatic carbocycles. The van der Waals surface area contributed by atoms with Crippen molar-refractivity contribution < 1.29 is 13.2 Å². The number of hydrogen-bond acceptors (Lipinski definition) is 4. The summed E-state index contributed by atoms with van der Waals surface area (Å²) in [7, 11) is -3.34. The summed E-state index contributed by atoms with van der Waals surface area (Å²) < 4.78 is 27.0. The van der Waals surface area contributed by atoms with Crippen LogP contribution in [-0.2, 0) is 27.0 Å². The van der Waals surface area contributed by atoms with Crippen molar-refractivity contribution in [3.63, 3.8) is 0 Å². The molecule has 0 unspecified atom stereocenters. The number of nitrogens with zero attached hydrogens (tertiary/aromatic N) is 3. The van der Waals surface area contributed by atoms with Gasteiger partial charge in [0.2, 0.25) is 15.9 Å². The highest BCUT2D eigenvalue weighted by Gasteiger charge is 2.29. The van der Waals surface area contributed by atoms with Gasteiger partial charge in [0, 0.05) is 38.4 Å². The number of fused-ring (bicyclic) bond motifs is 1. The number of anilines is 1. The molecule has 0 saturated carbocycles. The molecule has 2 aromatic rings. The third-order valence-corrected chi connectivity index (χ3v) is 7.54. The summed E-state index contributed by atoms with van der Waals surface area (Å²) in [5.41, 5.74) is 3.05. The largest absolute Gasteiger partial charge is 0.311 e. The molecule has 2 aliphatic heterocycles. The highest BCUT2D eigenvalue weighted by molar-refractivity contribution is 7.88. The fourth-order valence-electron chi connectivity index (χ4n) is 4.11. The van der Waals surface area contributed by atoms with Gasteiger partial charge in [-0.1, -0.05) is 48.5 Å². The third kappa shape index (κ3) is 4.69. The molecule has 154 valence electrons. The average molecular weight is 414 g/mol. The number of carbonyl (C=O) groups is 1. The van der Waals surface area contributed by atoms with Gasteiger partial charge in [-0.05, 0) is 30.0 Å². The lowest BCUT2D eigenvalue weighted by Gasteiger charge is -2.36. The Labute approximate surface area is 172 Å². The quantitative estimate of drug-likeness (QED) is 0.753. The first-order valence-electron chi connectivity index (χ1n) is 10.2. The SMILES string of the molecule is O=C(CN1CCN(S(=O)(=O)Cc2ccccc2)CC1)N1CCCc2ccccc21. The summed E-state index contributed by atoms with van der Waals surface area (Å²) in [6.07, 6.45) is 1.99. The minimum absolute atomic E-state index is 0.0251. The highest BCUT2D eigenvalue weighted by atomic mass is 32.2. The Bertz CT molecular complexity index is 954. The summed E-state index contributed by atoms with van der Waals surface area (Å²) in [4.78, 5) is 16.9. The maximum absolute atomic E-state index is 12.9. The number of amides is 1. The molecule has 0 bridgehead atoms. The first-order chi connectivity index (χ1) is 14.0. The van der Waals surface area contributed by atoms with E-state index in [1.165, 1.54) is 5.56 Å². The maximum Gasteiger partial charge on any atom is 0.241 e. The molecule has 6 nitrogen and oxygen atoms in total. The minimum atomic E-state index is -3.34. The molecule has 1 amide bonds. The number of carbonyl (C=O) groups excluding carboxylic acids is 1. The van der Waals surface area contributed by atoms with Crippen LogP contribution in [0.4, 0.5) is 5.69 Å². The summed E-state index contributed by atoms with van der Waals surface area (Å²) in [5.74, 6) is 0.120. The number of rotatable bonds is 5. The lowest BCUT2D eigenvalue weighted by molar-refractivity contribution is -0.120. The van der Waals surface area contributed by atoms with Gasteiger partial charge in [0.25, 0.3) is 0 Å². The predicted octanol–water partition coefficient (Wildman–Crippen LogP) is 2.11. The zero-order chi connectivity index (χ0) is 20.3. The summed E-state index contributed by atoms with van der Waals surface area (Å²) >= 11 is 0. The lowest BCUT2D eigenvalue weighted by atomic mass is 10.0. The standard InChI is InChI=1S/C22H27N3O3S/c26-22(25-12-6-10-20-9-4-5-11-21(20)25)17-23-13-15-24(16-14-23)29(27,28)18-19-7-2-1-3-8-19/h1-5,7-9,11H,6,10,12-18H2. The van der Waals surface area contributed by atoms with Crippen LogP contribution < -0.4 is 4.90 Å². The normalized spacial score (nSPS) is 18.4. The summed E-state index contributed by atoms with van der Waals surface area (Å²) in [5, 5.41) is 0. The van der Waals surface area contributed by atoms with Crippen molar-refractivity contribution in [2.45, 2.75) is 18.6 Å². The van der Waals surface area contributed by atoms with Gasteiger partial charge in [0.1, 0.15) is 0 Å². The molecule has 2 aliphatic rings. The molecule has 1 fully saturated rings. The van der Waals surface area contributed by atoms with E-state index in [9.17, 15) is 13.2 Å². The zero-order valence-corrected chi connectivity index (χ0v) is 17.4. The van der Waals surface area contributed by atoms with E-state index in [2.05, 4.69) is 11.0 Å². The van der Waals surface area contributed by atoms with Crippen molar-refractivity contribution in [1.29, 1.82) is 0 Å². The van der Waals surface area contributed by atoms with E-state index in [-0.39, 0.29) is 11.7 Å². The monoisotopic (exact) mass is 413 g/mol. The van der Waals surface area contributed by atoms with Crippen LogP contribution in [0.5, 0.6) is 0 Å². The van der Waals surface area contributed by atoms with Gasteiger partial charge in [-0.2, -0.15) is 4.31 Å². The number of sulfonamides is 1. The zero-order valence-electron chi connectivity index (χ0n) is 16.5. The Hall–Kier alpha value is -2.22. The Kier molecular flexibility index (Phi) is 5.99. The summed E-state index contributed by atoms with van der Waals surface area (Å²) in [6, 6.07) is 17.4. The van der Waals surface area contributed by atoms with E-state index in [0.717, 1.165) is 30.6 Å². The van der Waals surface area contributed by atoms with E-state index >= 15 is 0 Å². The molecule has 0 N–H and O–H groups in total. The van der Waals surface area contributed by atoms with E-state index in [0.29, 0.717) is 32.7 Å². The van der Waals surface area contributed by atoms with Crippen molar-refractivity contribution in [3.8, 4) is 0 Å². The molecule has 0 aromatic heterocycles. The van der Waals surface area contributed by atoms with Crippen LogP contribution in [0.2, 0.25) is 0 Å². The van der Waals surface area contributed by atoms with Gasteiger partial charge >= 0.3 is 0 Å². The number of benzene rings is 2. The second-order valence-corrected chi connectivity index (χ2v) is 9.66. The Morgan fingerprint density at radius 1 is 0.862 bits per heavy atom. The number of piperazine rings is 1. The Morgan fingerprint density at radius 3 is 2.31 bits per heavy atom. The molecule has 0 atom stereocenters. The summed E-state index contributed by atoms with van der Waals surface area (Å²) in [6.45, 7) is 3.10. The Balaban J connectivity index is 1.33. The van der Waals surface area contributed by atoms with Crippen molar-refractivity contribution in [2.75, 3.05) is 44.2 Å². The van der Waals surface area contributed by atoms with Crippen LogP contribution in [0.3, 0.4) is 0 Å². The fourth-order valence-corrected chi connectivity index (χ4v) is 5.63. The second-order valence-electron chi connectivity index (χ2n) is 7.69. The van der Waals surface area contributed by atoms with Crippen molar-refractivity contribution in [2.24, 2.45) is 0 Å². The Morgan fingerprint density at radius 2 is 1.55 bits per heavy atom. The van der Waals surface area contributed by atoms with Gasteiger partial charge in [0.05, 0.1) is 12.3 Å². The molecule has 0 aliphatic carbocycles. The number of para-hydroxylation sites is 1. The first kappa shape index (κ1) is 20.1. The van der Waals surface area contributed by atoms with Gasteiger partial charge < -0.3 is 4.90 Å². The van der Waals surface area contributed by atoms with Crippen LogP contribution >= 0.6 is 0 Å². The van der Waals surface area contributed by atoms with Crippen LogP contribution in [0, 0.1) is 0 Å². The molecular weight excluding hydrogens is 386 g/mol. The molecule has 2 heterocycles. The first-order valence-corrected chi connectivity index (χ1v) is 11.8. The third-order valence-electron chi connectivity index (χ3n) is 5.69. The number of aryl methyl sites for hydroxylation is 1. The molecule has 1 saturated heterocycles. The molecule has 0 spiro atoms. The van der Waals surface area contributed by atoms with Crippen molar-refractivity contribution >= 4 is 21.6 Å². The van der Waals surface area contributed by atoms with E-state index in [4.69, 9.17) is 0 Å². The van der Waals surface area contributed by atoms with Gasteiger partial charge in [-0.3, -0.25) is 9.69 Å². The van der Waals surface area contributed by atoms with E-state index in [1.54, 1.807) is 4.31 Å². The van der Waals surface area contributed by atoms with Gasteiger partial charge in [-0.25, -0.2) is 8.42 Å². The van der Waals surface area contributed by atoms with Crippen molar-refractivity contribution in [3.05, 3.63) is 65.7 Å². The van der Waals surface area contributed by atoms with Gasteiger partial charge in [0.15, 0.2) is 0 Å². The van der Waals surface area contributed by atoms with Crippen LogP contribution in [0.25, 0.3) is 0 Å². The number of hydrogen-bond donors (Lipinski definition) is 0. The van der Waals surface area contributed by atoms with Gasteiger partial charge in [-0.15, -0.1) is 0 Å².